The Labute approximate surface area is 171 Å². The van der Waals surface area contributed by atoms with Crippen molar-refractivity contribution < 1.29 is 4.39 Å². The zero-order valence-corrected chi connectivity index (χ0v) is 17.5. The molecule has 0 saturated heterocycles. The van der Waals surface area contributed by atoms with Gasteiger partial charge >= 0.3 is 0 Å². The summed E-state index contributed by atoms with van der Waals surface area (Å²) in [6.07, 6.45) is 20.1. The molecule has 0 aliphatic heterocycles. The Balaban J connectivity index is 1.66. The molecule has 1 aliphatic carbocycles. The maximum atomic E-state index is 12.7. The minimum atomic E-state index is -0.723. The lowest BCUT2D eigenvalue weighted by Gasteiger charge is -2.28. The van der Waals surface area contributed by atoms with Crippen molar-refractivity contribution in [2.75, 3.05) is 0 Å². The number of rotatable bonds is 11. The summed E-state index contributed by atoms with van der Waals surface area (Å²) in [6, 6.07) is 10.9. The normalized spacial score (nSPS) is 20.4. The van der Waals surface area contributed by atoms with Gasteiger partial charge < -0.3 is 0 Å². The molecule has 0 aromatic heterocycles. The van der Waals surface area contributed by atoms with Crippen LogP contribution in [0.3, 0.4) is 0 Å². The first-order chi connectivity index (χ1) is 13.7. The van der Waals surface area contributed by atoms with Crippen LogP contribution in [0.1, 0.15) is 94.6 Å². The Bertz CT molecular complexity index is 642. The highest BCUT2D eigenvalue weighted by molar-refractivity contribution is 5.26. The number of halogens is 1. The van der Waals surface area contributed by atoms with Crippen LogP contribution in [0.25, 0.3) is 0 Å². The molecule has 1 aromatic rings. The molecule has 0 bridgehead atoms. The molecule has 2 heteroatoms. The van der Waals surface area contributed by atoms with Crippen molar-refractivity contribution in [2.24, 2.45) is 5.92 Å². The van der Waals surface area contributed by atoms with E-state index in [0.717, 1.165) is 18.3 Å². The van der Waals surface area contributed by atoms with Gasteiger partial charge in [-0.05, 0) is 80.4 Å². The van der Waals surface area contributed by atoms with Gasteiger partial charge in [0.1, 0.15) is 6.07 Å². The topological polar surface area (TPSA) is 23.8 Å². The van der Waals surface area contributed by atoms with Crippen LogP contribution >= 0.6 is 0 Å². The first-order valence-electron chi connectivity index (χ1n) is 11.2. The summed E-state index contributed by atoms with van der Waals surface area (Å²) in [4.78, 5) is 0. The average Bonchev–Trinajstić information content (AvgIpc) is 2.74. The van der Waals surface area contributed by atoms with Gasteiger partial charge in [0, 0.05) is 0 Å². The molecule has 152 valence electrons. The highest BCUT2D eigenvalue weighted by Gasteiger charge is 2.21. The van der Waals surface area contributed by atoms with E-state index in [-0.39, 0.29) is 0 Å². The Morgan fingerprint density at radius 2 is 1.79 bits per heavy atom. The number of unbranched alkanes of at least 4 members (excludes halogenated alkanes) is 4. The number of nitrogens with zero attached hydrogens (tertiary/aromatic N) is 1. The lowest BCUT2D eigenvalue weighted by atomic mass is 9.77. The number of nitriles is 1. The van der Waals surface area contributed by atoms with E-state index >= 15 is 0 Å². The molecule has 28 heavy (non-hydrogen) atoms. The maximum absolute atomic E-state index is 12.7. The van der Waals surface area contributed by atoms with E-state index in [1.807, 2.05) is 6.08 Å². The van der Waals surface area contributed by atoms with Crippen molar-refractivity contribution in [3.8, 4) is 6.07 Å². The van der Waals surface area contributed by atoms with Gasteiger partial charge in [0.05, 0.1) is 0 Å². The van der Waals surface area contributed by atoms with Crippen LogP contribution < -0.4 is 0 Å². The molecule has 1 fully saturated rings. The van der Waals surface area contributed by atoms with E-state index in [1.54, 1.807) is 6.08 Å². The number of aryl methyl sites for hydroxylation is 1. The van der Waals surface area contributed by atoms with E-state index in [2.05, 4.69) is 31.2 Å². The number of allylic oxidation sites excluding steroid dienone is 4. The third kappa shape index (κ3) is 8.42. The molecule has 2 rings (SSSR count). The molecule has 0 unspecified atom stereocenters. The number of hydrogen-bond donors (Lipinski definition) is 0. The first kappa shape index (κ1) is 22.4. The highest BCUT2D eigenvalue weighted by Crippen LogP contribution is 2.37. The second-order valence-electron chi connectivity index (χ2n) is 8.26. The summed E-state index contributed by atoms with van der Waals surface area (Å²) >= 11 is 0. The van der Waals surface area contributed by atoms with Crippen molar-refractivity contribution in [1.29, 1.82) is 5.26 Å². The fourth-order valence-electron chi connectivity index (χ4n) is 4.29. The number of benzene rings is 1. The van der Waals surface area contributed by atoms with Gasteiger partial charge in [0.15, 0.2) is 5.83 Å². The van der Waals surface area contributed by atoms with E-state index in [4.69, 9.17) is 5.26 Å². The van der Waals surface area contributed by atoms with E-state index in [0.29, 0.717) is 0 Å². The smallest absolute Gasteiger partial charge is 0.195 e. The molecule has 0 spiro atoms. The number of hydrogen-bond acceptors (Lipinski definition) is 1. The molecule has 0 radical (unpaired) electrons. The zero-order valence-electron chi connectivity index (χ0n) is 17.5. The lowest BCUT2D eigenvalue weighted by Crippen LogP contribution is -2.13. The fraction of sp³-hybridized carbons (Fsp3) is 0.577. The zero-order chi connectivity index (χ0) is 20.0. The second kappa shape index (κ2) is 13.3. The van der Waals surface area contributed by atoms with Gasteiger partial charge in [-0.25, -0.2) is 0 Å². The van der Waals surface area contributed by atoms with E-state index in [1.165, 1.54) is 93.9 Å². The predicted octanol–water partition coefficient (Wildman–Crippen LogP) is 8.19. The minimum Gasteiger partial charge on any atom is -0.195 e. The monoisotopic (exact) mass is 381 g/mol. The van der Waals surface area contributed by atoms with Gasteiger partial charge in [-0.1, -0.05) is 69.0 Å². The van der Waals surface area contributed by atoms with Crippen molar-refractivity contribution in [2.45, 2.75) is 89.9 Å². The molecule has 0 heterocycles. The van der Waals surface area contributed by atoms with Crippen molar-refractivity contribution >= 4 is 0 Å². The Hall–Kier alpha value is -1.88. The standard InChI is InChI=1S/C26H36FN/c1-2-3-4-5-7-10-22-13-17-24(18-14-22)25-19-15-23(16-20-25)11-8-6-9-12-26(27)21-28/h6,9,12-14,17-18,23,25H,2-5,7-8,10-11,15-16,19-20H2,1H3/t23-,25-. The van der Waals surface area contributed by atoms with Crippen LogP contribution in [-0.4, -0.2) is 0 Å². The molecule has 1 aliphatic rings. The summed E-state index contributed by atoms with van der Waals surface area (Å²) in [5, 5.41) is 8.37. The van der Waals surface area contributed by atoms with Crippen molar-refractivity contribution in [1.82, 2.24) is 0 Å². The van der Waals surface area contributed by atoms with Crippen LogP contribution in [0, 0.1) is 17.2 Å². The van der Waals surface area contributed by atoms with Gasteiger partial charge in [0.25, 0.3) is 0 Å². The van der Waals surface area contributed by atoms with E-state index in [9.17, 15) is 4.39 Å². The average molecular weight is 382 g/mol. The largest absolute Gasteiger partial charge is 0.199 e. The fourth-order valence-corrected chi connectivity index (χ4v) is 4.29. The third-order valence-electron chi connectivity index (χ3n) is 6.09. The summed E-state index contributed by atoms with van der Waals surface area (Å²) in [7, 11) is 0. The molecule has 1 saturated carbocycles. The maximum Gasteiger partial charge on any atom is 0.199 e. The summed E-state index contributed by atoms with van der Waals surface area (Å²) in [5.74, 6) is 0.783. The van der Waals surface area contributed by atoms with Crippen LogP contribution in [0.2, 0.25) is 0 Å². The lowest BCUT2D eigenvalue weighted by molar-refractivity contribution is 0.312. The van der Waals surface area contributed by atoms with E-state index < -0.39 is 5.83 Å². The quantitative estimate of drug-likeness (QED) is 0.215. The van der Waals surface area contributed by atoms with Crippen LogP contribution in [0.15, 0.2) is 48.3 Å². The molecule has 0 N–H and O–H groups in total. The predicted molar refractivity (Wildman–Crippen MR) is 117 cm³/mol. The summed E-state index contributed by atoms with van der Waals surface area (Å²) < 4.78 is 12.7. The molecule has 1 nitrogen and oxygen atoms in total. The van der Waals surface area contributed by atoms with Crippen LogP contribution in [-0.2, 0) is 6.42 Å². The first-order valence-corrected chi connectivity index (χ1v) is 11.2. The van der Waals surface area contributed by atoms with Crippen molar-refractivity contribution in [3.63, 3.8) is 0 Å². The SMILES string of the molecule is CCCCCCCc1ccc([C@H]2CC[C@H](CCC=CC=C(F)C#N)CC2)cc1. The summed E-state index contributed by atoms with van der Waals surface area (Å²) in [5.41, 5.74) is 3.01. The Morgan fingerprint density at radius 3 is 2.46 bits per heavy atom. The highest BCUT2D eigenvalue weighted by atomic mass is 19.1. The minimum absolute atomic E-state index is 0.720. The molecule has 0 atom stereocenters. The second-order valence-corrected chi connectivity index (χ2v) is 8.26. The Kier molecular flexibility index (Phi) is 10.7. The molecule has 1 aromatic carbocycles. The molecular weight excluding hydrogens is 345 g/mol. The van der Waals surface area contributed by atoms with Gasteiger partial charge in [-0.15, -0.1) is 0 Å². The van der Waals surface area contributed by atoms with Gasteiger partial charge in [-0.3, -0.25) is 0 Å². The van der Waals surface area contributed by atoms with Crippen LogP contribution in [0.4, 0.5) is 4.39 Å². The van der Waals surface area contributed by atoms with Crippen molar-refractivity contribution in [3.05, 3.63) is 59.4 Å². The Morgan fingerprint density at radius 1 is 1.07 bits per heavy atom. The third-order valence-corrected chi connectivity index (χ3v) is 6.09. The van der Waals surface area contributed by atoms with Gasteiger partial charge in [0.2, 0.25) is 0 Å². The molecular formula is C26H36FN. The van der Waals surface area contributed by atoms with Crippen LogP contribution in [0.5, 0.6) is 0 Å². The summed E-state index contributed by atoms with van der Waals surface area (Å²) in [6.45, 7) is 2.27. The van der Waals surface area contributed by atoms with Gasteiger partial charge in [-0.2, -0.15) is 9.65 Å². The molecule has 0 amide bonds.